The Hall–Kier alpha value is -0.620. The zero-order valence-corrected chi connectivity index (χ0v) is 11.6. The van der Waals surface area contributed by atoms with Crippen LogP contribution in [0.5, 0.6) is 0 Å². The topological polar surface area (TPSA) is 55.6 Å². The summed E-state index contributed by atoms with van der Waals surface area (Å²) >= 11 is 1.94. The predicted molar refractivity (Wildman–Crippen MR) is 70.1 cm³/mol. The summed E-state index contributed by atoms with van der Waals surface area (Å²) in [5.41, 5.74) is 0. The van der Waals surface area contributed by atoms with Gasteiger partial charge in [-0.1, -0.05) is 12.8 Å². The third-order valence-electron chi connectivity index (χ3n) is 3.62. The maximum atomic E-state index is 4.21. The molecule has 0 spiro atoms. The highest BCUT2D eigenvalue weighted by molar-refractivity contribution is 7.99. The molecule has 0 aliphatic heterocycles. The van der Waals surface area contributed by atoms with Gasteiger partial charge in [0.15, 0.2) is 5.82 Å². The monoisotopic (exact) mass is 255 g/mol. The Morgan fingerprint density at radius 2 is 2.18 bits per heavy atom. The zero-order chi connectivity index (χ0) is 12.3. The van der Waals surface area contributed by atoms with E-state index in [9.17, 15) is 0 Å². The van der Waals surface area contributed by atoms with Gasteiger partial charge in [-0.25, -0.2) is 4.68 Å². The Kier molecular flexibility index (Phi) is 4.39. The molecule has 6 heteroatoms. The summed E-state index contributed by atoms with van der Waals surface area (Å²) in [4.78, 5) is 0. The molecule has 96 valence electrons. The first-order valence-electron chi connectivity index (χ1n) is 6.25. The first kappa shape index (κ1) is 12.8. The number of thioether (sulfide) groups is 1. The molecule has 1 fully saturated rings. The van der Waals surface area contributed by atoms with E-state index in [0.717, 1.165) is 5.82 Å². The molecule has 0 saturated heterocycles. The van der Waals surface area contributed by atoms with Gasteiger partial charge in [-0.2, -0.15) is 11.8 Å². The molecule has 1 aliphatic rings. The fourth-order valence-corrected chi connectivity index (χ4v) is 3.45. The first-order valence-corrected chi connectivity index (χ1v) is 7.54. The molecule has 1 aromatic heterocycles. The fourth-order valence-electron chi connectivity index (χ4n) is 2.48. The molecule has 0 radical (unpaired) electrons. The lowest BCUT2D eigenvalue weighted by Gasteiger charge is -2.31. The van der Waals surface area contributed by atoms with Crippen LogP contribution < -0.4 is 5.32 Å². The van der Waals surface area contributed by atoms with Crippen molar-refractivity contribution < 1.29 is 0 Å². The third-order valence-corrected chi connectivity index (χ3v) is 4.78. The van der Waals surface area contributed by atoms with Gasteiger partial charge in [0.1, 0.15) is 0 Å². The van der Waals surface area contributed by atoms with Crippen LogP contribution in [-0.2, 0) is 0 Å². The van der Waals surface area contributed by atoms with Gasteiger partial charge in [0.25, 0.3) is 0 Å². The van der Waals surface area contributed by atoms with Crippen LogP contribution in [0, 0.1) is 0 Å². The number of nitrogens with zero attached hydrogens (tertiary/aromatic N) is 4. The minimum absolute atomic E-state index is 0.203. The van der Waals surface area contributed by atoms with Gasteiger partial charge in [-0.05, 0) is 43.5 Å². The van der Waals surface area contributed by atoms with E-state index in [4.69, 9.17) is 0 Å². The van der Waals surface area contributed by atoms with Crippen LogP contribution in [0.4, 0.5) is 0 Å². The number of hydrogen-bond acceptors (Lipinski definition) is 5. The van der Waals surface area contributed by atoms with Gasteiger partial charge in [-0.3, -0.25) is 0 Å². The van der Waals surface area contributed by atoms with E-state index < -0.39 is 0 Å². The molecule has 3 atom stereocenters. The largest absolute Gasteiger partial charge is 0.311 e. The fraction of sp³-hybridized carbons (Fsp3) is 0.909. The Bertz CT molecular complexity index is 353. The molecular formula is C11H21N5S. The molecule has 0 aromatic carbocycles. The summed E-state index contributed by atoms with van der Waals surface area (Å²) < 4.78 is 2.04. The van der Waals surface area contributed by atoms with Gasteiger partial charge in [-0.15, -0.1) is 5.10 Å². The van der Waals surface area contributed by atoms with Gasteiger partial charge in [0.2, 0.25) is 0 Å². The molecule has 0 bridgehead atoms. The minimum Gasteiger partial charge on any atom is -0.311 e. The Morgan fingerprint density at radius 1 is 1.41 bits per heavy atom. The van der Waals surface area contributed by atoms with Crippen molar-refractivity contribution >= 4 is 11.8 Å². The number of aromatic nitrogens is 4. The number of nitrogens with one attached hydrogen (secondary N) is 1. The second kappa shape index (κ2) is 5.82. The van der Waals surface area contributed by atoms with Crippen molar-refractivity contribution in [2.45, 2.75) is 49.9 Å². The van der Waals surface area contributed by atoms with Crippen molar-refractivity contribution in [3.63, 3.8) is 0 Å². The van der Waals surface area contributed by atoms with Crippen LogP contribution in [0.1, 0.15) is 50.5 Å². The number of rotatable bonds is 4. The van der Waals surface area contributed by atoms with Crippen LogP contribution in [0.25, 0.3) is 0 Å². The van der Waals surface area contributed by atoms with Crippen LogP contribution in [0.15, 0.2) is 0 Å². The maximum absolute atomic E-state index is 4.21. The van der Waals surface area contributed by atoms with Crippen molar-refractivity contribution in [1.82, 2.24) is 25.5 Å². The van der Waals surface area contributed by atoms with E-state index >= 15 is 0 Å². The van der Waals surface area contributed by atoms with Crippen molar-refractivity contribution in [1.29, 1.82) is 0 Å². The van der Waals surface area contributed by atoms with Gasteiger partial charge in [0.05, 0.1) is 12.1 Å². The van der Waals surface area contributed by atoms with Crippen LogP contribution in [0.2, 0.25) is 0 Å². The lowest BCUT2D eigenvalue weighted by Crippen LogP contribution is -2.29. The summed E-state index contributed by atoms with van der Waals surface area (Å²) in [6, 6.07) is 0.661. The summed E-state index contributed by atoms with van der Waals surface area (Å²) in [7, 11) is 1.94. The summed E-state index contributed by atoms with van der Waals surface area (Å²) in [5, 5.41) is 16.1. The molecule has 1 aliphatic carbocycles. The quantitative estimate of drug-likeness (QED) is 0.889. The van der Waals surface area contributed by atoms with Gasteiger partial charge < -0.3 is 5.32 Å². The average molecular weight is 255 g/mol. The third kappa shape index (κ3) is 2.63. The first-order chi connectivity index (χ1) is 8.27. The lowest BCUT2D eigenvalue weighted by atomic mass is 9.95. The molecule has 1 aromatic rings. The predicted octanol–water partition coefficient (Wildman–Crippen LogP) is 1.80. The Labute approximate surface area is 107 Å². The van der Waals surface area contributed by atoms with E-state index in [-0.39, 0.29) is 6.04 Å². The molecule has 1 heterocycles. The van der Waals surface area contributed by atoms with Crippen LogP contribution in [0.3, 0.4) is 0 Å². The summed E-state index contributed by atoms with van der Waals surface area (Å²) in [6.45, 7) is 2.10. The smallest absolute Gasteiger partial charge is 0.168 e. The van der Waals surface area contributed by atoms with Crippen LogP contribution in [-0.4, -0.2) is 38.8 Å². The van der Waals surface area contributed by atoms with E-state index in [0.29, 0.717) is 11.3 Å². The molecule has 1 saturated carbocycles. The second-order valence-corrected chi connectivity index (χ2v) is 5.69. The minimum atomic E-state index is 0.203. The highest BCUT2D eigenvalue weighted by atomic mass is 32.2. The highest BCUT2D eigenvalue weighted by Crippen LogP contribution is 2.36. The zero-order valence-electron chi connectivity index (χ0n) is 10.8. The number of tetrazole rings is 1. The molecule has 0 amide bonds. The second-order valence-electron chi connectivity index (χ2n) is 4.62. The Balaban J connectivity index is 2.22. The van der Waals surface area contributed by atoms with E-state index in [1.807, 2.05) is 23.5 Å². The molecular weight excluding hydrogens is 234 g/mol. The van der Waals surface area contributed by atoms with Gasteiger partial charge in [0, 0.05) is 5.25 Å². The van der Waals surface area contributed by atoms with E-state index in [2.05, 4.69) is 34.0 Å². The Morgan fingerprint density at radius 3 is 2.88 bits per heavy atom. The van der Waals surface area contributed by atoms with Crippen molar-refractivity contribution in [2.24, 2.45) is 0 Å². The standard InChI is InChI=1S/C11H21N5S/c1-8(12-2)11-13-14-15-16(11)9-6-4-5-7-10(9)17-3/h8-10,12H,4-7H2,1-3H3. The van der Waals surface area contributed by atoms with Crippen LogP contribution >= 0.6 is 11.8 Å². The van der Waals surface area contributed by atoms with E-state index in [1.165, 1.54) is 25.7 Å². The number of hydrogen-bond donors (Lipinski definition) is 1. The average Bonchev–Trinajstić information content (AvgIpc) is 2.86. The molecule has 1 N–H and O–H groups in total. The normalized spacial score (nSPS) is 27.0. The maximum Gasteiger partial charge on any atom is 0.168 e. The molecule has 17 heavy (non-hydrogen) atoms. The van der Waals surface area contributed by atoms with Crippen molar-refractivity contribution in [3.8, 4) is 0 Å². The molecule has 3 unspecified atom stereocenters. The molecule has 5 nitrogen and oxygen atoms in total. The lowest BCUT2D eigenvalue weighted by molar-refractivity contribution is 0.320. The van der Waals surface area contributed by atoms with E-state index in [1.54, 1.807) is 0 Å². The van der Waals surface area contributed by atoms with Crippen molar-refractivity contribution in [3.05, 3.63) is 5.82 Å². The highest BCUT2D eigenvalue weighted by Gasteiger charge is 2.29. The van der Waals surface area contributed by atoms with Gasteiger partial charge >= 0.3 is 0 Å². The molecule has 2 rings (SSSR count). The summed E-state index contributed by atoms with van der Waals surface area (Å²) in [6.07, 6.45) is 7.28. The van der Waals surface area contributed by atoms with Crippen molar-refractivity contribution in [2.75, 3.05) is 13.3 Å². The SMILES string of the molecule is CNC(C)c1nnnn1C1CCCCC1SC. The summed E-state index contributed by atoms with van der Waals surface area (Å²) in [5.74, 6) is 0.957.